The third-order valence-electron chi connectivity index (χ3n) is 5.19. The van der Waals surface area contributed by atoms with Crippen LogP contribution in [-0.4, -0.2) is 15.4 Å². The number of hydrogen-bond donors (Lipinski definition) is 1. The molecule has 0 atom stereocenters. The molecule has 0 saturated carbocycles. The van der Waals surface area contributed by atoms with Crippen molar-refractivity contribution in [1.82, 2.24) is 4.37 Å². The van der Waals surface area contributed by atoms with E-state index in [0.29, 0.717) is 18.2 Å². The summed E-state index contributed by atoms with van der Waals surface area (Å²) in [6.07, 6.45) is 1.64. The fourth-order valence-corrected chi connectivity index (χ4v) is 4.30. The van der Waals surface area contributed by atoms with Crippen LogP contribution in [0.15, 0.2) is 36.4 Å². The fourth-order valence-electron chi connectivity index (χ4n) is 3.20. The molecule has 0 saturated heterocycles. The van der Waals surface area contributed by atoms with Crippen LogP contribution in [0.4, 0.5) is 0 Å². The molecule has 0 radical (unpaired) electrons. The van der Waals surface area contributed by atoms with E-state index in [0.717, 1.165) is 44.9 Å². The Balaban J connectivity index is 1.79. The van der Waals surface area contributed by atoms with Crippen LogP contribution < -0.4 is 4.74 Å². The van der Waals surface area contributed by atoms with Crippen molar-refractivity contribution in [2.24, 2.45) is 0 Å². The Hall–Kier alpha value is -2.37. The van der Waals surface area contributed by atoms with Crippen LogP contribution in [0.5, 0.6) is 5.75 Å². The fraction of sp³-hybridized carbons (Fsp3) is 0.304. The molecule has 1 aromatic heterocycles. The number of ether oxygens (including phenoxy) is 1. The van der Waals surface area contributed by atoms with Crippen molar-refractivity contribution in [1.29, 1.82) is 0 Å². The first-order valence-electron chi connectivity index (χ1n) is 9.57. The molecule has 152 valence electrons. The summed E-state index contributed by atoms with van der Waals surface area (Å²) < 4.78 is 10.4. The predicted octanol–water partition coefficient (Wildman–Crippen LogP) is 6.24. The van der Waals surface area contributed by atoms with Crippen molar-refractivity contribution >= 4 is 29.1 Å². The molecule has 0 aliphatic rings. The highest BCUT2D eigenvalue weighted by Gasteiger charge is 2.16. The minimum absolute atomic E-state index is 0.122. The Labute approximate surface area is 180 Å². The average molecular weight is 430 g/mol. The van der Waals surface area contributed by atoms with Gasteiger partial charge < -0.3 is 9.84 Å². The van der Waals surface area contributed by atoms with Gasteiger partial charge in [-0.1, -0.05) is 48.9 Å². The maximum absolute atomic E-state index is 10.8. The van der Waals surface area contributed by atoms with E-state index in [-0.39, 0.29) is 6.42 Å². The van der Waals surface area contributed by atoms with Gasteiger partial charge in [-0.15, -0.1) is 0 Å². The number of nitrogens with zero attached hydrogens (tertiary/aromatic N) is 1. The SMILES string of the molecule is CCc1ccc(-c2snc(Cl)c2COc2ccc(CCC(=O)O)c(C)c2C)cc1. The molecule has 2 aromatic carbocycles. The summed E-state index contributed by atoms with van der Waals surface area (Å²) in [7, 11) is 0. The summed E-state index contributed by atoms with van der Waals surface area (Å²) in [5, 5.41) is 9.38. The summed E-state index contributed by atoms with van der Waals surface area (Å²) in [5.74, 6) is -0.0161. The van der Waals surface area contributed by atoms with Crippen molar-refractivity contribution in [2.45, 2.75) is 46.6 Å². The zero-order chi connectivity index (χ0) is 21.0. The predicted molar refractivity (Wildman–Crippen MR) is 118 cm³/mol. The van der Waals surface area contributed by atoms with Gasteiger partial charge in [0, 0.05) is 12.0 Å². The molecule has 0 spiro atoms. The van der Waals surface area contributed by atoms with Crippen LogP contribution in [0.3, 0.4) is 0 Å². The second-order valence-corrected chi connectivity index (χ2v) is 8.12. The molecule has 3 rings (SSSR count). The van der Waals surface area contributed by atoms with Crippen molar-refractivity contribution < 1.29 is 14.6 Å². The van der Waals surface area contributed by atoms with Gasteiger partial charge in [0.25, 0.3) is 0 Å². The highest BCUT2D eigenvalue weighted by Crippen LogP contribution is 2.35. The highest BCUT2D eigenvalue weighted by atomic mass is 35.5. The molecule has 0 aliphatic heterocycles. The van der Waals surface area contributed by atoms with Gasteiger partial charge in [0.2, 0.25) is 0 Å². The normalized spacial score (nSPS) is 10.9. The van der Waals surface area contributed by atoms with Crippen LogP contribution in [0.1, 0.15) is 41.2 Å². The van der Waals surface area contributed by atoms with Crippen LogP contribution in [-0.2, 0) is 24.2 Å². The number of aromatic nitrogens is 1. The molecule has 0 aliphatic carbocycles. The molecule has 0 bridgehead atoms. The first kappa shape index (κ1) is 21.3. The number of aliphatic carboxylic acids is 1. The Morgan fingerprint density at radius 1 is 1.14 bits per heavy atom. The van der Waals surface area contributed by atoms with Crippen LogP contribution in [0, 0.1) is 13.8 Å². The molecule has 1 heterocycles. The number of benzene rings is 2. The van der Waals surface area contributed by atoms with Gasteiger partial charge in [0.1, 0.15) is 17.5 Å². The molecule has 0 unspecified atom stereocenters. The summed E-state index contributed by atoms with van der Waals surface area (Å²) in [5.41, 5.74) is 6.37. The summed E-state index contributed by atoms with van der Waals surface area (Å²) in [6.45, 7) is 6.45. The Kier molecular flexibility index (Phi) is 6.93. The molecule has 6 heteroatoms. The van der Waals surface area contributed by atoms with Gasteiger partial charge in [-0.3, -0.25) is 4.79 Å². The van der Waals surface area contributed by atoms with E-state index in [1.807, 2.05) is 26.0 Å². The lowest BCUT2D eigenvalue weighted by molar-refractivity contribution is -0.136. The van der Waals surface area contributed by atoms with Gasteiger partial charge in [-0.2, -0.15) is 4.37 Å². The van der Waals surface area contributed by atoms with E-state index >= 15 is 0 Å². The summed E-state index contributed by atoms with van der Waals surface area (Å²) in [4.78, 5) is 11.9. The molecule has 3 aromatic rings. The number of carboxylic acids is 1. The highest BCUT2D eigenvalue weighted by molar-refractivity contribution is 7.10. The van der Waals surface area contributed by atoms with Gasteiger partial charge in [0.05, 0.1) is 4.88 Å². The zero-order valence-corrected chi connectivity index (χ0v) is 18.4. The molecule has 4 nitrogen and oxygen atoms in total. The lowest BCUT2D eigenvalue weighted by Gasteiger charge is -2.14. The second-order valence-electron chi connectivity index (χ2n) is 6.99. The topological polar surface area (TPSA) is 59.4 Å². The Morgan fingerprint density at radius 2 is 1.86 bits per heavy atom. The number of rotatable bonds is 8. The maximum atomic E-state index is 10.8. The number of hydrogen-bond acceptors (Lipinski definition) is 4. The summed E-state index contributed by atoms with van der Waals surface area (Å²) in [6, 6.07) is 12.3. The first-order chi connectivity index (χ1) is 13.9. The zero-order valence-electron chi connectivity index (χ0n) is 16.8. The van der Waals surface area contributed by atoms with Crippen molar-refractivity contribution in [3.63, 3.8) is 0 Å². The van der Waals surface area contributed by atoms with E-state index in [9.17, 15) is 4.79 Å². The molecule has 1 N–H and O–H groups in total. The number of aryl methyl sites for hydroxylation is 2. The van der Waals surface area contributed by atoms with Crippen molar-refractivity contribution in [2.75, 3.05) is 0 Å². The van der Waals surface area contributed by atoms with E-state index in [1.165, 1.54) is 17.1 Å². The molecule has 0 amide bonds. The standard InChI is InChI=1S/C23H24ClNO3S/c1-4-16-5-7-18(8-6-16)22-19(23(24)25-29-22)13-28-20-11-9-17(10-12-21(26)27)14(2)15(20)3/h5-9,11H,4,10,12-13H2,1-3H3,(H,26,27). The van der Waals surface area contributed by atoms with Crippen molar-refractivity contribution in [3.05, 3.63) is 69.4 Å². The quantitative estimate of drug-likeness (QED) is 0.460. The Bertz CT molecular complexity index is 1010. The number of carbonyl (C=O) groups is 1. The smallest absolute Gasteiger partial charge is 0.303 e. The van der Waals surface area contributed by atoms with E-state index in [2.05, 4.69) is 35.6 Å². The van der Waals surface area contributed by atoms with Gasteiger partial charge in [-0.25, -0.2) is 0 Å². The van der Waals surface area contributed by atoms with Gasteiger partial charge in [0.15, 0.2) is 0 Å². The minimum Gasteiger partial charge on any atom is -0.488 e. The summed E-state index contributed by atoms with van der Waals surface area (Å²) >= 11 is 7.73. The number of halogens is 1. The Morgan fingerprint density at radius 3 is 2.52 bits per heavy atom. The minimum atomic E-state index is -0.790. The molecule has 0 fully saturated rings. The first-order valence-corrected chi connectivity index (χ1v) is 10.7. The lowest BCUT2D eigenvalue weighted by Crippen LogP contribution is -2.03. The third-order valence-corrected chi connectivity index (χ3v) is 6.55. The van der Waals surface area contributed by atoms with Crippen LogP contribution in [0.2, 0.25) is 5.15 Å². The molecular formula is C23H24ClNO3S. The van der Waals surface area contributed by atoms with Crippen molar-refractivity contribution in [3.8, 4) is 16.2 Å². The molecule has 29 heavy (non-hydrogen) atoms. The van der Waals surface area contributed by atoms with E-state index < -0.39 is 5.97 Å². The largest absolute Gasteiger partial charge is 0.488 e. The van der Waals surface area contributed by atoms with Crippen LogP contribution >= 0.6 is 23.1 Å². The van der Waals surface area contributed by atoms with E-state index in [4.69, 9.17) is 21.4 Å². The number of carboxylic acid groups (broad SMARTS) is 1. The average Bonchev–Trinajstić information content (AvgIpc) is 3.08. The second kappa shape index (κ2) is 9.42. The maximum Gasteiger partial charge on any atom is 0.303 e. The monoisotopic (exact) mass is 429 g/mol. The lowest BCUT2D eigenvalue weighted by atomic mass is 9.99. The van der Waals surface area contributed by atoms with Gasteiger partial charge in [-0.05, 0) is 72.1 Å². The molecular weight excluding hydrogens is 406 g/mol. The van der Waals surface area contributed by atoms with E-state index in [1.54, 1.807) is 0 Å². The third kappa shape index (κ3) is 4.98. The van der Waals surface area contributed by atoms with Gasteiger partial charge >= 0.3 is 5.97 Å². The van der Waals surface area contributed by atoms with Crippen LogP contribution in [0.25, 0.3) is 10.4 Å².